The SMILES string of the molecule is COCc1cc(NC(C)c2ccc(-c3cncnc3)cc2)nc(C(C)(C)C)n1. The van der Waals surface area contributed by atoms with Crippen LogP contribution in [0.25, 0.3) is 11.1 Å². The van der Waals surface area contributed by atoms with Gasteiger partial charge < -0.3 is 10.1 Å². The van der Waals surface area contributed by atoms with Gasteiger partial charge in [0.2, 0.25) is 0 Å². The lowest BCUT2D eigenvalue weighted by Crippen LogP contribution is -2.19. The van der Waals surface area contributed by atoms with Gasteiger partial charge in [-0.05, 0) is 18.1 Å². The predicted octanol–water partition coefficient (Wildman–Crippen LogP) is 4.55. The third-order valence-corrected chi connectivity index (χ3v) is 4.41. The van der Waals surface area contributed by atoms with E-state index in [9.17, 15) is 0 Å². The summed E-state index contributed by atoms with van der Waals surface area (Å²) in [5, 5.41) is 3.50. The van der Waals surface area contributed by atoms with Crippen molar-refractivity contribution < 1.29 is 4.74 Å². The van der Waals surface area contributed by atoms with Gasteiger partial charge in [-0.15, -0.1) is 0 Å². The Hall–Kier alpha value is -2.86. The van der Waals surface area contributed by atoms with E-state index in [1.54, 1.807) is 7.11 Å². The third kappa shape index (κ3) is 4.89. The van der Waals surface area contributed by atoms with E-state index in [-0.39, 0.29) is 11.5 Å². The van der Waals surface area contributed by atoms with Crippen molar-refractivity contribution in [3.05, 3.63) is 66.1 Å². The van der Waals surface area contributed by atoms with Gasteiger partial charge in [0.1, 0.15) is 18.0 Å². The number of aromatic nitrogens is 4. The minimum atomic E-state index is -0.136. The van der Waals surface area contributed by atoms with Crippen molar-refractivity contribution in [2.45, 2.75) is 45.8 Å². The number of nitrogens with one attached hydrogen (secondary N) is 1. The first-order valence-corrected chi connectivity index (χ1v) is 9.36. The van der Waals surface area contributed by atoms with E-state index in [1.807, 2.05) is 18.5 Å². The summed E-state index contributed by atoms with van der Waals surface area (Å²) in [6, 6.07) is 10.4. The van der Waals surface area contributed by atoms with Crippen LogP contribution in [0.5, 0.6) is 0 Å². The van der Waals surface area contributed by atoms with Gasteiger partial charge in [0, 0.05) is 42.6 Å². The molecule has 0 aliphatic rings. The zero-order valence-electron chi connectivity index (χ0n) is 17.1. The third-order valence-electron chi connectivity index (χ3n) is 4.41. The lowest BCUT2D eigenvalue weighted by molar-refractivity contribution is 0.181. The number of hydrogen-bond donors (Lipinski definition) is 1. The molecule has 0 saturated carbocycles. The zero-order valence-corrected chi connectivity index (χ0v) is 17.1. The Morgan fingerprint density at radius 3 is 2.29 bits per heavy atom. The average Bonchev–Trinajstić information content (AvgIpc) is 2.68. The first kappa shape index (κ1) is 19.9. The van der Waals surface area contributed by atoms with E-state index in [0.717, 1.165) is 28.5 Å². The highest BCUT2D eigenvalue weighted by molar-refractivity contribution is 5.61. The quantitative estimate of drug-likeness (QED) is 0.679. The van der Waals surface area contributed by atoms with Crippen LogP contribution >= 0.6 is 0 Å². The molecule has 3 rings (SSSR count). The number of ether oxygens (including phenoxy) is 1. The first-order chi connectivity index (χ1) is 13.4. The molecule has 0 bridgehead atoms. The number of rotatable bonds is 6. The Balaban J connectivity index is 1.80. The summed E-state index contributed by atoms with van der Waals surface area (Å²) in [5.41, 5.74) is 4.00. The largest absolute Gasteiger partial charge is 0.378 e. The molecule has 6 nitrogen and oxygen atoms in total. The maximum absolute atomic E-state index is 5.27. The molecular weight excluding hydrogens is 350 g/mol. The molecule has 0 aliphatic carbocycles. The average molecular weight is 377 g/mol. The summed E-state index contributed by atoms with van der Waals surface area (Å²) in [4.78, 5) is 17.5. The Bertz CT molecular complexity index is 904. The van der Waals surface area contributed by atoms with Gasteiger partial charge in [0.15, 0.2) is 0 Å². The lowest BCUT2D eigenvalue weighted by atomic mass is 9.95. The van der Waals surface area contributed by atoms with Crippen molar-refractivity contribution in [2.24, 2.45) is 0 Å². The highest BCUT2D eigenvalue weighted by Crippen LogP contribution is 2.25. The second-order valence-electron chi connectivity index (χ2n) is 7.87. The van der Waals surface area contributed by atoms with Crippen molar-refractivity contribution in [1.82, 2.24) is 19.9 Å². The molecule has 0 aliphatic heterocycles. The van der Waals surface area contributed by atoms with Crippen molar-refractivity contribution >= 4 is 5.82 Å². The van der Waals surface area contributed by atoms with Gasteiger partial charge in [0.05, 0.1) is 12.3 Å². The molecule has 0 radical (unpaired) electrons. The highest BCUT2D eigenvalue weighted by Gasteiger charge is 2.19. The van der Waals surface area contributed by atoms with Crippen molar-refractivity contribution in [3.8, 4) is 11.1 Å². The molecule has 1 N–H and O–H groups in total. The van der Waals surface area contributed by atoms with Crippen LogP contribution in [0.2, 0.25) is 0 Å². The Morgan fingerprint density at radius 2 is 1.68 bits per heavy atom. The van der Waals surface area contributed by atoms with Crippen LogP contribution in [0.15, 0.2) is 49.1 Å². The number of benzene rings is 1. The van der Waals surface area contributed by atoms with Crippen LogP contribution in [0, 0.1) is 0 Å². The predicted molar refractivity (Wildman–Crippen MR) is 111 cm³/mol. The molecule has 6 heteroatoms. The minimum absolute atomic E-state index is 0.0965. The van der Waals surface area contributed by atoms with Gasteiger partial charge in [-0.25, -0.2) is 19.9 Å². The van der Waals surface area contributed by atoms with Gasteiger partial charge in [-0.3, -0.25) is 0 Å². The zero-order chi connectivity index (χ0) is 20.1. The molecule has 0 spiro atoms. The summed E-state index contributed by atoms with van der Waals surface area (Å²) in [5.74, 6) is 1.61. The van der Waals surface area contributed by atoms with Crippen LogP contribution < -0.4 is 5.32 Å². The molecule has 0 saturated heterocycles. The maximum Gasteiger partial charge on any atom is 0.136 e. The second-order valence-corrected chi connectivity index (χ2v) is 7.87. The smallest absolute Gasteiger partial charge is 0.136 e. The molecule has 146 valence electrons. The molecule has 2 aromatic heterocycles. The Labute approximate surface area is 166 Å². The van der Waals surface area contributed by atoms with Gasteiger partial charge in [0.25, 0.3) is 0 Å². The molecule has 28 heavy (non-hydrogen) atoms. The van der Waals surface area contributed by atoms with Crippen LogP contribution in [0.4, 0.5) is 5.82 Å². The van der Waals surface area contributed by atoms with Gasteiger partial charge >= 0.3 is 0 Å². The fourth-order valence-corrected chi connectivity index (χ4v) is 2.85. The maximum atomic E-state index is 5.27. The summed E-state index contributed by atoms with van der Waals surface area (Å²) in [6.45, 7) is 8.91. The van der Waals surface area contributed by atoms with Crippen molar-refractivity contribution in [3.63, 3.8) is 0 Å². The van der Waals surface area contributed by atoms with E-state index >= 15 is 0 Å². The standard InChI is InChI=1S/C22H27N5O/c1-15(16-6-8-17(9-7-16)18-11-23-14-24-12-18)25-20-10-19(13-28-5)26-21(27-20)22(2,3)4/h6-12,14-15H,13H2,1-5H3,(H,25,26,27). The molecule has 0 fully saturated rings. The number of methoxy groups -OCH3 is 1. The van der Waals surface area contributed by atoms with Gasteiger partial charge in [-0.1, -0.05) is 45.0 Å². The molecular formula is C22H27N5O. The van der Waals surface area contributed by atoms with Crippen molar-refractivity contribution in [2.75, 3.05) is 12.4 Å². The summed E-state index contributed by atoms with van der Waals surface area (Å²) >= 11 is 0. The van der Waals surface area contributed by atoms with Gasteiger partial charge in [-0.2, -0.15) is 0 Å². The highest BCUT2D eigenvalue weighted by atomic mass is 16.5. The van der Waals surface area contributed by atoms with E-state index in [4.69, 9.17) is 9.72 Å². The van der Waals surface area contributed by atoms with Crippen LogP contribution in [0.1, 0.15) is 50.8 Å². The number of hydrogen-bond acceptors (Lipinski definition) is 6. The monoisotopic (exact) mass is 377 g/mol. The molecule has 1 aromatic carbocycles. The number of nitrogens with zero attached hydrogens (tertiary/aromatic N) is 4. The fourth-order valence-electron chi connectivity index (χ4n) is 2.85. The van der Waals surface area contributed by atoms with Crippen molar-refractivity contribution in [1.29, 1.82) is 0 Å². The van der Waals surface area contributed by atoms with Crippen LogP contribution in [-0.2, 0) is 16.8 Å². The summed E-state index contributed by atoms with van der Waals surface area (Å²) < 4.78 is 5.27. The normalized spacial score (nSPS) is 12.6. The molecule has 1 unspecified atom stereocenters. The summed E-state index contributed by atoms with van der Waals surface area (Å²) in [6.07, 6.45) is 5.17. The summed E-state index contributed by atoms with van der Waals surface area (Å²) in [7, 11) is 1.67. The Kier molecular flexibility index (Phi) is 5.99. The van der Waals surface area contributed by atoms with Crippen LogP contribution in [-0.4, -0.2) is 27.0 Å². The van der Waals surface area contributed by atoms with E-state index in [2.05, 4.69) is 72.2 Å². The molecule has 1 atom stereocenters. The van der Waals surface area contributed by atoms with Crippen LogP contribution in [0.3, 0.4) is 0 Å². The number of anilines is 1. The molecule has 3 aromatic rings. The first-order valence-electron chi connectivity index (χ1n) is 9.36. The molecule has 0 amide bonds. The fraction of sp³-hybridized carbons (Fsp3) is 0.364. The van der Waals surface area contributed by atoms with E-state index < -0.39 is 0 Å². The lowest BCUT2D eigenvalue weighted by Gasteiger charge is -2.21. The second kappa shape index (κ2) is 8.44. The Morgan fingerprint density at radius 1 is 1.00 bits per heavy atom. The van der Waals surface area contributed by atoms with E-state index in [0.29, 0.717) is 6.61 Å². The topological polar surface area (TPSA) is 72.8 Å². The van der Waals surface area contributed by atoms with E-state index in [1.165, 1.54) is 11.9 Å². The molecule has 2 heterocycles. The minimum Gasteiger partial charge on any atom is -0.378 e.